The van der Waals surface area contributed by atoms with E-state index in [1.54, 1.807) is 37.6 Å². The number of benzene rings is 3. The van der Waals surface area contributed by atoms with Gasteiger partial charge in [0, 0.05) is 7.05 Å². The third kappa shape index (κ3) is 5.83. The van der Waals surface area contributed by atoms with Crippen LogP contribution in [0.15, 0.2) is 89.7 Å². The first-order chi connectivity index (χ1) is 19.3. The lowest BCUT2D eigenvalue weighted by Gasteiger charge is -2.44. The smallest absolute Gasteiger partial charge is 0.315 e. The average Bonchev–Trinajstić information content (AvgIpc) is 2.96. The highest BCUT2D eigenvalue weighted by Crippen LogP contribution is 2.39. The normalized spacial score (nSPS) is 13.5. The Morgan fingerprint density at radius 2 is 1.49 bits per heavy atom. The second kappa shape index (κ2) is 11.6. The van der Waals surface area contributed by atoms with Crippen LogP contribution < -0.4 is 15.9 Å². The standard InChI is InChI=1S/C34H40N2O4Si/c1-24(40-41(33(2,3)4,26-15-11-9-12-16-26)27-17-13-10-14-18-27)30-35-29-23-25(19-20-28(29)31(37)36(30)7)21-22-34(5,6)32(38)39-8/h9-24H,1-8H3/b22-21+/t24-/m1/s1. The summed E-state index contributed by atoms with van der Waals surface area (Å²) in [5, 5.41) is 2.64. The number of esters is 1. The highest BCUT2D eigenvalue weighted by molar-refractivity contribution is 6.99. The van der Waals surface area contributed by atoms with Gasteiger partial charge in [0.2, 0.25) is 0 Å². The highest BCUT2D eigenvalue weighted by Gasteiger charge is 2.51. The van der Waals surface area contributed by atoms with Crippen molar-refractivity contribution in [1.29, 1.82) is 0 Å². The fraction of sp³-hybridized carbons (Fsp3) is 0.324. The zero-order chi connectivity index (χ0) is 30.0. The molecule has 4 rings (SSSR count). The van der Waals surface area contributed by atoms with E-state index in [0.717, 1.165) is 15.9 Å². The summed E-state index contributed by atoms with van der Waals surface area (Å²) in [5.74, 6) is 0.240. The number of fused-ring (bicyclic) bond motifs is 1. The fourth-order valence-corrected chi connectivity index (χ4v) is 10.1. The van der Waals surface area contributed by atoms with Gasteiger partial charge in [0.15, 0.2) is 0 Å². The molecular weight excluding hydrogens is 528 g/mol. The van der Waals surface area contributed by atoms with E-state index in [0.29, 0.717) is 16.7 Å². The van der Waals surface area contributed by atoms with Crippen LogP contribution in [0.4, 0.5) is 0 Å². The van der Waals surface area contributed by atoms with Gasteiger partial charge in [-0.25, -0.2) is 4.98 Å². The Hall–Kier alpha value is -3.81. The van der Waals surface area contributed by atoms with Gasteiger partial charge in [-0.15, -0.1) is 0 Å². The predicted octanol–water partition coefficient (Wildman–Crippen LogP) is 5.78. The molecule has 0 aliphatic carbocycles. The summed E-state index contributed by atoms with van der Waals surface area (Å²) in [7, 11) is 0.260. The summed E-state index contributed by atoms with van der Waals surface area (Å²) in [6.45, 7) is 12.3. The molecule has 0 amide bonds. The summed E-state index contributed by atoms with van der Waals surface area (Å²) < 4.78 is 13.8. The van der Waals surface area contributed by atoms with Gasteiger partial charge >= 0.3 is 5.97 Å². The Bertz CT molecular complexity index is 1580. The molecule has 214 valence electrons. The number of rotatable bonds is 8. The van der Waals surface area contributed by atoms with Crippen molar-refractivity contribution in [2.24, 2.45) is 12.5 Å². The zero-order valence-electron chi connectivity index (χ0n) is 25.3. The van der Waals surface area contributed by atoms with Crippen molar-refractivity contribution in [1.82, 2.24) is 9.55 Å². The zero-order valence-corrected chi connectivity index (χ0v) is 26.3. The summed E-state index contributed by atoms with van der Waals surface area (Å²) in [5.41, 5.74) is 0.502. The molecule has 0 N–H and O–H groups in total. The van der Waals surface area contributed by atoms with Crippen LogP contribution in [0.25, 0.3) is 17.0 Å². The number of aromatic nitrogens is 2. The molecular formula is C34H40N2O4Si. The quantitative estimate of drug-likeness (QED) is 0.199. The van der Waals surface area contributed by atoms with Gasteiger partial charge in [-0.1, -0.05) is 99.7 Å². The maximum Gasteiger partial charge on any atom is 0.315 e. The first-order valence-electron chi connectivity index (χ1n) is 13.9. The van der Waals surface area contributed by atoms with E-state index in [2.05, 4.69) is 69.3 Å². The third-order valence-electron chi connectivity index (χ3n) is 7.67. The van der Waals surface area contributed by atoms with Gasteiger partial charge in [-0.2, -0.15) is 0 Å². The lowest BCUT2D eigenvalue weighted by atomic mass is 9.92. The van der Waals surface area contributed by atoms with E-state index in [-0.39, 0.29) is 16.6 Å². The molecule has 6 nitrogen and oxygen atoms in total. The molecule has 0 spiro atoms. The predicted molar refractivity (Wildman–Crippen MR) is 169 cm³/mol. The van der Waals surface area contributed by atoms with E-state index in [1.807, 2.05) is 37.3 Å². The van der Waals surface area contributed by atoms with E-state index < -0.39 is 19.8 Å². The second-order valence-electron chi connectivity index (χ2n) is 12.1. The summed E-state index contributed by atoms with van der Waals surface area (Å²) in [6.07, 6.45) is 3.19. The van der Waals surface area contributed by atoms with Gasteiger partial charge in [-0.3, -0.25) is 14.2 Å². The first kappa shape index (κ1) is 30.2. The first-order valence-corrected chi connectivity index (χ1v) is 15.8. The van der Waals surface area contributed by atoms with Crippen molar-refractivity contribution in [3.63, 3.8) is 0 Å². The second-order valence-corrected chi connectivity index (χ2v) is 16.3. The molecule has 3 aromatic carbocycles. The minimum atomic E-state index is -2.87. The Labute approximate surface area is 243 Å². The Morgan fingerprint density at radius 3 is 2.00 bits per heavy atom. The van der Waals surface area contributed by atoms with E-state index in [9.17, 15) is 9.59 Å². The van der Waals surface area contributed by atoms with Crippen molar-refractivity contribution >= 4 is 41.6 Å². The Morgan fingerprint density at radius 1 is 0.927 bits per heavy atom. The van der Waals surface area contributed by atoms with Crippen molar-refractivity contribution in [3.8, 4) is 0 Å². The minimum absolute atomic E-state index is 0.131. The van der Waals surface area contributed by atoms with Crippen LogP contribution in [0, 0.1) is 5.41 Å². The van der Waals surface area contributed by atoms with E-state index in [1.165, 1.54) is 7.11 Å². The molecule has 0 aliphatic rings. The van der Waals surface area contributed by atoms with Crippen LogP contribution in [-0.2, 0) is 21.0 Å². The van der Waals surface area contributed by atoms with Crippen molar-refractivity contribution < 1.29 is 14.0 Å². The van der Waals surface area contributed by atoms with E-state index in [4.69, 9.17) is 14.1 Å². The van der Waals surface area contributed by atoms with Crippen LogP contribution in [0.3, 0.4) is 0 Å². The van der Waals surface area contributed by atoms with Crippen LogP contribution in [-0.4, -0.2) is 30.9 Å². The molecule has 1 heterocycles. The molecule has 0 radical (unpaired) electrons. The summed E-state index contributed by atoms with van der Waals surface area (Å²) in [6, 6.07) is 26.4. The maximum atomic E-state index is 13.5. The van der Waals surface area contributed by atoms with Crippen LogP contribution in [0.1, 0.15) is 59.0 Å². The van der Waals surface area contributed by atoms with Gasteiger partial charge < -0.3 is 9.16 Å². The molecule has 1 atom stereocenters. The summed E-state index contributed by atoms with van der Waals surface area (Å²) in [4.78, 5) is 30.6. The van der Waals surface area contributed by atoms with Crippen LogP contribution in [0.2, 0.25) is 5.04 Å². The van der Waals surface area contributed by atoms with Gasteiger partial charge in [0.05, 0.1) is 23.4 Å². The molecule has 41 heavy (non-hydrogen) atoms. The Balaban J connectivity index is 1.83. The van der Waals surface area contributed by atoms with Gasteiger partial charge in [0.25, 0.3) is 13.9 Å². The molecule has 0 unspecified atom stereocenters. The molecule has 7 heteroatoms. The third-order valence-corrected chi connectivity index (χ3v) is 12.8. The maximum absolute atomic E-state index is 13.5. The number of hydrogen-bond donors (Lipinski definition) is 0. The number of carbonyl (C=O) groups is 1. The fourth-order valence-electron chi connectivity index (χ4n) is 5.42. The largest absolute Gasteiger partial charge is 0.468 e. The average molecular weight is 569 g/mol. The molecule has 0 bridgehead atoms. The number of carbonyl (C=O) groups excluding carboxylic acids is 1. The molecule has 0 aliphatic heterocycles. The lowest BCUT2D eigenvalue weighted by Crippen LogP contribution is -2.66. The van der Waals surface area contributed by atoms with Crippen molar-refractivity contribution in [2.45, 2.75) is 52.7 Å². The monoisotopic (exact) mass is 568 g/mol. The summed E-state index contributed by atoms with van der Waals surface area (Å²) >= 11 is 0. The number of nitrogens with zero attached hydrogens (tertiary/aromatic N) is 2. The molecule has 1 aromatic heterocycles. The van der Waals surface area contributed by atoms with Crippen molar-refractivity contribution in [2.75, 3.05) is 7.11 Å². The number of methoxy groups -OCH3 is 1. The number of ether oxygens (including phenoxy) is 1. The lowest BCUT2D eigenvalue weighted by molar-refractivity contribution is -0.148. The minimum Gasteiger partial charge on any atom is -0.468 e. The highest BCUT2D eigenvalue weighted by atomic mass is 28.4. The molecule has 0 saturated heterocycles. The van der Waals surface area contributed by atoms with E-state index >= 15 is 0 Å². The topological polar surface area (TPSA) is 70.4 Å². The van der Waals surface area contributed by atoms with Crippen LogP contribution in [0.5, 0.6) is 0 Å². The van der Waals surface area contributed by atoms with Crippen LogP contribution >= 0.6 is 0 Å². The molecule has 4 aromatic rings. The molecule has 0 fully saturated rings. The molecule has 0 saturated carbocycles. The van der Waals surface area contributed by atoms with Crippen molar-refractivity contribution in [3.05, 3.63) is 107 Å². The van der Waals surface area contributed by atoms with Gasteiger partial charge in [0.1, 0.15) is 11.9 Å². The SMILES string of the molecule is COC(=O)C(C)(C)/C=C/c1ccc2c(=O)n(C)c([C@@H](C)O[Si](c3ccccc3)(c3ccccc3)C(C)(C)C)nc2c1. The van der Waals surface area contributed by atoms with Gasteiger partial charge in [-0.05, 0) is 53.9 Å². The Kier molecular flexibility index (Phi) is 8.52. The number of hydrogen-bond acceptors (Lipinski definition) is 5.